The molecule has 2 aromatic carbocycles. The molecule has 0 aliphatic rings. The number of benzene rings is 2. The maximum absolute atomic E-state index is 13.3. The molecule has 0 atom stereocenters. The lowest BCUT2D eigenvalue weighted by Gasteiger charge is -2.14. The molecule has 3 aromatic rings. The van der Waals surface area contributed by atoms with Gasteiger partial charge in [-0.25, -0.2) is 14.4 Å². The number of carbonyl (C=O) groups is 1. The summed E-state index contributed by atoms with van der Waals surface area (Å²) >= 11 is 0. The van der Waals surface area contributed by atoms with Gasteiger partial charge in [0.05, 0.1) is 0 Å². The lowest BCUT2D eigenvalue weighted by molar-refractivity contribution is 0.102. The highest BCUT2D eigenvalue weighted by atomic mass is 19.1. The Morgan fingerprint density at radius 1 is 1.04 bits per heavy atom. The molecule has 0 radical (unpaired) electrons. The average molecular weight is 364 g/mol. The lowest BCUT2D eigenvalue weighted by Crippen LogP contribution is -2.15. The molecular formula is C21H21FN4O. The Bertz CT molecular complexity index is 936. The van der Waals surface area contributed by atoms with Gasteiger partial charge in [-0.15, -0.1) is 0 Å². The zero-order valence-electron chi connectivity index (χ0n) is 15.3. The van der Waals surface area contributed by atoms with Crippen molar-refractivity contribution in [1.82, 2.24) is 9.97 Å². The van der Waals surface area contributed by atoms with Crippen molar-refractivity contribution in [2.24, 2.45) is 0 Å². The monoisotopic (exact) mass is 364 g/mol. The van der Waals surface area contributed by atoms with Gasteiger partial charge in [0, 0.05) is 17.6 Å². The van der Waals surface area contributed by atoms with Crippen molar-refractivity contribution in [3.8, 4) is 0 Å². The lowest BCUT2D eigenvalue weighted by atomic mass is 10.0. The predicted molar refractivity (Wildman–Crippen MR) is 105 cm³/mol. The van der Waals surface area contributed by atoms with E-state index in [0.717, 1.165) is 29.7 Å². The van der Waals surface area contributed by atoms with E-state index >= 15 is 0 Å². The van der Waals surface area contributed by atoms with Gasteiger partial charge in [-0.1, -0.05) is 38.1 Å². The first kappa shape index (κ1) is 18.5. The first-order valence-corrected chi connectivity index (χ1v) is 8.88. The number of aryl methyl sites for hydroxylation is 2. The molecule has 6 heteroatoms. The van der Waals surface area contributed by atoms with Crippen LogP contribution in [0.25, 0.3) is 0 Å². The van der Waals surface area contributed by atoms with Crippen LogP contribution in [-0.2, 0) is 12.8 Å². The summed E-state index contributed by atoms with van der Waals surface area (Å²) in [4.78, 5) is 21.0. The van der Waals surface area contributed by atoms with Crippen LogP contribution in [0.5, 0.6) is 0 Å². The van der Waals surface area contributed by atoms with E-state index in [0.29, 0.717) is 11.6 Å². The Hall–Kier alpha value is -3.28. The smallest absolute Gasteiger partial charge is 0.274 e. The van der Waals surface area contributed by atoms with Crippen LogP contribution in [0.2, 0.25) is 0 Å². The number of hydrogen-bond donors (Lipinski definition) is 2. The molecule has 0 aliphatic carbocycles. The minimum absolute atomic E-state index is 0.198. The minimum atomic E-state index is -0.425. The Balaban J connectivity index is 1.83. The highest BCUT2D eigenvalue weighted by molar-refractivity contribution is 6.03. The van der Waals surface area contributed by atoms with E-state index in [9.17, 15) is 9.18 Å². The Morgan fingerprint density at radius 2 is 1.74 bits per heavy atom. The van der Waals surface area contributed by atoms with Gasteiger partial charge < -0.3 is 10.6 Å². The molecular weight excluding hydrogens is 343 g/mol. The van der Waals surface area contributed by atoms with E-state index in [4.69, 9.17) is 0 Å². The Morgan fingerprint density at radius 3 is 2.41 bits per heavy atom. The summed E-state index contributed by atoms with van der Waals surface area (Å²) < 4.78 is 13.3. The highest BCUT2D eigenvalue weighted by Gasteiger charge is 2.12. The van der Waals surface area contributed by atoms with Gasteiger partial charge >= 0.3 is 0 Å². The van der Waals surface area contributed by atoms with Gasteiger partial charge in [-0.05, 0) is 48.2 Å². The van der Waals surface area contributed by atoms with Gasteiger partial charge in [-0.3, -0.25) is 4.79 Å². The molecule has 138 valence electrons. The third-order valence-electron chi connectivity index (χ3n) is 4.21. The van der Waals surface area contributed by atoms with E-state index < -0.39 is 11.7 Å². The van der Waals surface area contributed by atoms with Gasteiger partial charge in [0.2, 0.25) is 5.95 Å². The molecule has 0 unspecified atom stereocenters. The zero-order valence-corrected chi connectivity index (χ0v) is 15.3. The summed E-state index contributed by atoms with van der Waals surface area (Å²) in [5, 5.41) is 5.89. The number of anilines is 3. The van der Waals surface area contributed by atoms with Crippen LogP contribution in [0.15, 0.2) is 54.7 Å². The van der Waals surface area contributed by atoms with Crippen LogP contribution in [-0.4, -0.2) is 15.9 Å². The number of nitrogens with zero attached hydrogens (tertiary/aromatic N) is 2. The highest BCUT2D eigenvalue weighted by Crippen LogP contribution is 2.25. The van der Waals surface area contributed by atoms with E-state index in [1.807, 2.05) is 6.07 Å². The van der Waals surface area contributed by atoms with Crippen molar-refractivity contribution in [3.05, 3.63) is 77.4 Å². The van der Waals surface area contributed by atoms with Crippen molar-refractivity contribution >= 4 is 23.2 Å². The molecule has 1 aromatic heterocycles. The summed E-state index contributed by atoms with van der Waals surface area (Å²) in [6.07, 6.45) is 3.27. The topological polar surface area (TPSA) is 66.9 Å². The average Bonchev–Trinajstić information content (AvgIpc) is 2.68. The van der Waals surface area contributed by atoms with Gasteiger partial charge in [0.15, 0.2) is 0 Å². The Labute approximate surface area is 157 Å². The molecule has 5 nitrogen and oxygen atoms in total. The van der Waals surface area contributed by atoms with Crippen LogP contribution in [0.3, 0.4) is 0 Å². The van der Waals surface area contributed by atoms with E-state index in [1.54, 1.807) is 6.07 Å². The predicted octanol–water partition coefficient (Wildman–Crippen LogP) is 4.74. The second-order valence-electron chi connectivity index (χ2n) is 6.01. The molecule has 3 rings (SSSR count). The standard InChI is InChI=1S/C21H21FN4O/c1-3-14-7-5-8-15(4-2)19(14)26-21-23-12-11-18(25-21)20(27)24-17-10-6-9-16(22)13-17/h5-13H,3-4H2,1-2H3,(H,24,27)(H,23,25,26). The summed E-state index contributed by atoms with van der Waals surface area (Å²) in [5.74, 6) is -0.496. The maximum Gasteiger partial charge on any atom is 0.274 e. The zero-order chi connectivity index (χ0) is 19.2. The molecule has 0 saturated heterocycles. The molecule has 0 fully saturated rings. The number of rotatable bonds is 6. The van der Waals surface area contributed by atoms with E-state index in [-0.39, 0.29) is 5.69 Å². The van der Waals surface area contributed by atoms with E-state index in [2.05, 4.69) is 46.6 Å². The van der Waals surface area contributed by atoms with Crippen LogP contribution < -0.4 is 10.6 Å². The van der Waals surface area contributed by atoms with Crippen LogP contribution >= 0.6 is 0 Å². The van der Waals surface area contributed by atoms with E-state index in [1.165, 1.54) is 30.5 Å². The molecule has 1 amide bonds. The molecule has 2 N–H and O–H groups in total. The molecule has 1 heterocycles. The number of halogens is 1. The number of para-hydroxylation sites is 1. The van der Waals surface area contributed by atoms with Crippen molar-refractivity contribution < 1.29 is 9.18 Å². The van der Waals surface area contributed by atoms with Crippen molar-refractivity contribution in [3.63, 3.8) is 0 Å². The fraction of sp³-hybridized carbons (Fsp3) is 0.190. The minimum Gasteiger partial charge on any atom is -0.324 e. The first-order valence-electron chi connectivity index (χ1n) is 8.88. The van der Waals surface area contributed by atoms with Gasteiger partial charge in [0.1, 0.15) is 11.5 Å². The number of carbonyl (C=O) groups excluding carboxylic acids is 1. The molecule has 0 saturated carbocycles. The fourth-order valence-electron chi connectivity index (χ4n) is 2.82. The third kappa shape index (κ3) is 4.47. The third-order valence-corrected chi connectivity index (χ3v) is 4.21. The second kappa shape index (κ2) is 8.40. The van der Waals surface area contributed by atoms with Crippen molar-refractivity contribution in [2.45, 2.75) is 26.7 Å². The number of hydrogen-bond acceptors (Lipinski definition) is 4. The summed E-state index contributed by atoms with van der Waals surface area (Å²) in [5.41, 5.74) is 3.87. The molecule has 0 bridgehead atoms. The van der Waals surface area contributed by atoms with Crippen molar-refractivity contribution in [1.29, 1.82) is 0 Å². The quantitative estimate of drug-likeness (QED) is 0.663. The number of nitrogens with one attached hydrogen (secondary N) is 2. The number of aromatic nitrogens is 2. The first-order chi connectivity index (χ1) is 13.1. The van der Waals surface area contributed by atoms with Crippen LogP contribution in [0.1, 0.15) is 35.5 Å². The Kier molecular flexibility index (Phi) is 5.76. The fourth-order valence-corrected chi connectivity index (χ4v) is 2.82. The maximum atomic E-state index is 13.3. The summed E-state index contributed by atoms with van der Waals surface area (Å²) in [6.45, 7) is 4.17. The van der Waals surface area contributed by atoms with Gasteiger partial charge in [0.25, 0.3) is 5.91 Å². The normalized spacial score (nSPS) is 10.5. The van der Waals surface area contributed by atoms with Crippen molar-refractivity contribution in [2.75, 3.05) is 10.6 Å². The SMILES string of the molecule is CCc1cccc(CC)c1Nc1nccc(C(=O)Nc2cccc(F)c2)n1. The van der Waals surface area contributed by atoms with Crippen LogP contribution in [0.4, 0.5) is 21.7 Å². The van der Waals surface area contributed by atoms with Gasteiger partial charge in [-0.2, -0.15) is 0 Å². The molecule has 0 aliphatic heterocycles. The number of amides is 1. The largest absolute Gasteiger partial charge is 0.324 e. The summed E-state index contributed by atoms with van der Waals surface area (Å²) in [7, 11) is 0. The van der Waals surface area contributed by atoms with Crippen LogP contribution in [0, 0.1) is 5.82 Å². The molecule has 27 heavy (non-hydrogen) atoms. The summed E-state index contributed by atoms with van der Waals surface area (Å²) in [6, 6.07) is 13.4. The molecule has 0 spiro atoms. The second-order valence-corrected chi connectivity index (χ2v) is 6.01.